The number of non-ortho nitro benzene ring substituents is 1. The number of hydrogen-bond donors (Lipinski definition) is 0. The van der Waals surface area contributed by atoms with Gasteiger partial charge in [0.25, 0.3) is 11.2 Å². The summed E-state index contributed by atoms with van der Waals surface area (Å²) < 4.78 is 1.57. The Kier molecular flexibility index (Phi) is 3.65. The highest BCUT2D eigenvalue weighted by Crippen LogP contribution is 2.20. The van der Waals surface area contributed by atoms with Crippen molar-refractivity contribution >= 4 is 28.2 Å². The van der Waals surface area contributed by atoms with Crippen LogP contribution in [0.25, 0.3) is 10.9 Å². The molecule has 110 valence electrons. The first-order valence-electron chi connectivity index (χ1n) is 6.57. The van der Waals surface area contributed by atoms with Crippen molar-refractivity contribution in [3.05, 3.63) is 85.7 Å². The fourth-order valence-electron chi connectivity index (χ4n) is 2.39. The van der Waals surface area contributed by atoms with E-state index in [1.54, 1.807) is 28.8 Å². The standard InChI is InChI=1S/C16H11ClN2O3/c17-13-3-1-2-11(8-13)10-18-15-6-5-14(19(21)22)9-12(15)4-7-16(18)20/h1-9H,10H2. The molecule has 0 aliphatic heterocycles. The lowest BCUT2D eigenvalue weighted by molar-refractivity contribution is -0.384. The number of halogens is 1. The third-order valence-corrected chi connectivity index (χ3v) is 3.65. The van der Waals surface area contributed by atoms with Gasteiger partial charge in [-0.3, -0.25) is 14.9 Å². The average Bonchev–Trinajstić information content (AvgIpc) is 2.49. The summed E-state index contributed by atoms with van der Waals surface area (Å²) in [6.45, 7) is 0.356. The monoisotopic (exact) mass is 314 g/mol. The second kappa shape index (κ2) is 5.61. The topological polar surface area (TPSA) is 65.1 Å². The van der Waals surface area contributed by atoms with E-state index in [0.717, 1.165) is 5.56 Å². The number of nitro benzene ring substituents is 1. The molecule has 2 aromatic carbocycles. The van der Waals surface area contributed by atoms with Crippen LogP contribution in [0.15, 0.2) is 59.4 Å². The van der Waals surface area contributed by atoms with Crippen LogP contribution in [-0.2, 0) is 6.54 Å². The molecule has 0 radical (unpaired) electrons. The Balaban J connectivity index is 2.14. The molecule has 0 fully saturated rings. The molecule has 0 bridgehead atoms. The van der Waals surface area contributed by atoms with E-state index in [4.69, 9.17) is 11.6 Å². The molecule has 22 heavy (non-hydrogen) atoms. The maximum atomic E-state index is 12.1. The Labute approximate surface area is 130 Å². The second-order valence-electron chi connectivity index (χ2n) is 4.89. The van der Waals surface area contributed by atoms with Crippen LogP contribution >= 0.6 is 11.6 Å². The predicted octanol–water partition coefficient (Wildman–Crippen LogP) is 3.61. The van der Waals surface area contributed by atoms with Gasteiger partial charge in [-0.25, -0.2) is 0 Å². The van der Waals surface area contributed by atoms with Gasteiger partial charge in [0.1, 0.15) is 0 Å². The summed E-state index contributed by atoms with van der Waals surface area (Å²) in [7, 11) is 0. The van der Waals surface area contributed by atoms with Crippen molar-refractivity contribution in [2.75, 3.05) is 0 Å². The number of nitrogens with zero attached hydrogens (tertiary/aromatic N) is 2. The maximum absolute atomic E-state index is 12.1. The fraction of sp³-hybridized carbons (Fsp3) is 0.0625. The summed E-state index contributed by atoms with van der Waals surface area (Å²) in [4.78, 5) is 22.5. The molecule has 0 aliphatic carbocycles. The van der Waals surface area contributed by atoms with Gasteiger partial charge in [0.05, 0.1) is 17.0 Å². The Morgan fingerprint density at radius 2 is 1.91 bits per heavy atom. The predicted molar refractivity (Wildman–Crippen MR) is 85.4 cm³/mol. The molecular formula is C16H11ClN2O3. The van der Waals surface area contributed by atoms with E-state index in [0.29, 0.717) is 22.5 Å². The van der Waals surface area contributed by atoms with Gasteiger partial charge in [0.15, 0.2) is 0 Å². The zero-order valence-corrected chi connectivity index (χ0v) is 12.2. The molecule has 3 aromatic rings. The van der Waals surface area contributed by atoms with Crippen molar-refractivity contribution in [1.29, 1.82) is 0 Å². The van der Waals surface area contributed by atoms with Gasteiger partial charge in [-0.05, 0) is 29.8 Å². The highest BCUT2D eigenvalue weighted by atomic mass is 35.5. The molecule has 0 amide bonds. The summed E-state index contributed by atoms with van der Waals surface area (Å²) in [6, 6.07) is 14.7. The number of aromatic nitrogens is 1. The van der Waals surface area contributed by atoms with Crippen molar-refractivity contribution in [3.8, 4) is 0 Å². The molecule has 1 heterocycles. The first-order valence-corrected chi connectivity index (χ1v) is 6.95. The SMILES string of the molecule is O=c1ccc2cc([N+](=O)[O-])ccc2n1Cc1cccc(Cl)c1. The number of fused-ring (bicyclic) bond motifs is 1. The molecule has 6 heteroatoms. The van der Waals surface area contributed by atoms with Gasteiger partial charge in [-0.2, -0.15) is 0 Å². The Morgan fingerprint density at radius 1 is 1.09 bits per heavy atom. The second-order valence-corrected chi connectivity index (χ2v) is 5.32. The van der Waals surface area contributed by atoms with Crippen molar-refractivity contribution < 1.29 is 4.92 Å². The number of benzene rings is 2. The molecule has 1 aromatic heterocycles. The van der Waals surface area contributed by atoms with Crippen LogP contribution in [0.5, 0.6) is 0 Å². The van der Waals surface area contributed by atoms with Gasteiger partial charge in [0.2, 0.25) is 0 Å². The number of pyridine rings is 1. The van der Waals surface area contributed by atoms with Gasteiger partial charge in [-0.1, -0.05) is 23.7 Å². The lowest BCUT2D eigenvalue weighted by atomic mass is 10.1. The van der Waals surface area contributed by atoms with Crippen molar-refractivity contribution in [2.24, 2.45) is 0 Å². The summed E-state index contributed by atoms with van der Waals surface area (Å²) >= 11 is 5.96. The Hall–Kier alpha value is -2.66. The molecule has 3 rings (SSSR count). The third kappa shape index (κ3) is 2.71. The minimum absolute atomic E-state index is 0.000421. The summed E-state index contributed by atoms with van der Waals surface area (Å²) in [5.74, 6) is 0. The van der Waals surface area contributed by atoms with E-state index in [1.807, 2.05) is 12.1 Å². The molecule has 0 N–H and O–H groups in total. The Bertz CT molecular complexity index is 934. The van der Waals surface area contributed by atoms with E-state index in [9.17, 15) is 14.9 Å². The first-order chi connectivity index (χ1) is 10.5. The normalized spacial score (nSPS) is 10.8. The quantitative estimate of drug-likeness (QED) is 0.548. The van der Waals surface area contributed by atoms with Gasteiger partial charge < -0.3 is 4.57 Å². The van der Waals surface area contributed by atoms with E-state index in [-0.39, 0.29) is 11.2 Å². The zero-order valence-electron chi connectivity index (χ0n) is 11.4. The number of rotatable bonds is 3. The fourth-order valence-corrected chi connectivity index (χ4v) is 2.60. The van der Waals surface area contributed by atoms with Gasteiger partial charge in [-0.15, -0.1) is 0 Å². The van der Waals surface area contributed by atoms with E-state index < -0.39 is 4.92 Å². The lowest BCUT2D eigenvalue weighted by Crippen LogP contribution is -2.19. The van der Waals surface area contributed by atoms with E-state index in [2.05, 4.69) is 0 Å². The van der Waals surface area contributed by atoms with Crippen LogP contribution in [0, 0.1) is 10.1 Å². The van der Waals surface area contributed by atoms with Crippen LogP contribution in [0.2, 0.25) is 5.02 Å². The minimum atomic E-state index is -0.453. The minimum Gasteiger partial charge on any atom is -0.304 e. The molecule has 0 spiro atoms. The molecule has 5 nitrogen and oxygen atoms in total. The maximum Gasteiger partial charge on any atom is 0.270 e. The van der Waals surface area contributed by atoms with Crippen LogP contribution in [0.1, 0.15) is 5.56 Å². The van der Waals surface area contributed by atoms with Crippen molar-refractivity contribution in [3.63, 3.8) is 0 Å². The van der Waals surface area contributed by atoms with Crippen molar-refractivity contribution in [2.45, 2.75) is 6.54 Å². The van der Waals surface area contributed by atoms with Crippen molar-refractivity contribution in [1.82, 2.24) is 4.57 Å². The van der Waals surface area contributed by atoms with Crippen LogP contribution in [-0.4, -0.2) is 9.49 Å². The Morgan fingerprint density at radius 3 is 2.64 bits per heavy atom. The molecular weight excluding hydrogens is 304 g/mol. The van der Waals surface area contributed by atoms with E-state index in [1.165, 1.54) is 18.2 Å². The summed E-state index contributed by atoms with van der Waals surface area (Å²) in [5, 5.41) is 12.1. The number of hydrogen-bond acceptors (Lipinski definition) is 3. The first kappa shape index (κ1) is 14.3. The highest BCUT2D eigenvalue weighted by Gasteiger charge is 2.10. The third-order valence-electron chi connectivity index (χ3n) is 3.41. The molecule has 0 aliphatic rings. The summed E-state index contributed by atoms with van der Waals surface area (Å²) in [6.07, 6.45) is 0. The largest absolute Gasteiger partial charge is 0.304 e. The molecule has 0 atom stereocenters. The van der Waals surface area contributed by atoms with Crippen LogP contribution in [0.4, 0.5) is 5.69 Å². The highest BCUT2D eigenvalue weighted by molar-refractivity contribution is 6.30. The molecule has 0 unspecified atom stereocenters. The lowest BCUT2D eigenvalue weighted by Gasteiger charge is -2.10. The molecule has 0 saturated carbocycles. The van der Waals surface area contributed by atoms with Gasteiger partial charge in [0, 0.05) is 28.6 Å². The molecule has 0 saturated heterocycles. The number of nitro groups is 1. The van der Waals surface area contributed by atoms with Gasteiger partial charge >= 0.3 is 0 Å². The summed E-state index contributed by atoms with van der Waals surface area (Å²) in [5.41, 5.74) is 1.38. The van der Waals surface area contributed by atoms with E-state index >= 15 is 0 Å². The average molecular weight is 315 g/mol. The smallest absolute Gasteiger partial charge is 0.270 e. The van der Waals surface area contributed by atoms with Crippen LogP contribution in [0.3, 0.4) is 0 Å². The zero-order chi connectivity index (χ0) is 15.7. The van der Waals surface area contributed by atoms with Crippen LogP contribution < -0.4 is 5.56 Å².